The minimum Gasteiger partial charge on any atom is -0.494 e. The van der Waals surface area contributed by atoms with Gasteiger partial charge in [0.1, 0.15) is 17.6 Å². The zero-order valence-corrected chi connectivity index (χ0v) is 52.3. The van der Waals surface area contributed by atoms with Gasteiger partial charge in [-0.25, -0.2) is 4.79 Å². The lowest BCUT2D eigenvalue weighted by Gasteiger charge is -2.58. The monoisotopic (exact) mass is 1140 g/mol. The molecule has 3 fully saturated rings. The van der Waals surface area contributed by atoms with E-state index in [1.165, 1.54) is 148 Å². The number of carbonyl (C=O) groups is 2. The Labute approximate surface area is 499 Å². The summed E-state index contributed by atoms with van der Waals surface area (Å²) in [4.78, 5) is 30.5. The number of fused-ring (bicyclic) bond motifs is 5. The van der Waals surface area contributed by atoms with Crippen molar-refractivity contribution in [2.75, 3.05) is 12.4 Å². The number of unbranched alkanes of at least 4 members (excludes halogenated alkanes) is 16. The Morgan fingerprint density at radius 2 is 1.38 bits per heavy atom. The zero-order chi connectivity index (χ0) is 57.6. The Bertz CT molecular complexity index is 2590. The smallest absolute Gasteiger partial charge is 0.343 e. The highest BCUT2D eigenvalue weighted by molar-refractivity contribution is 7.99. The van der Waals surface area contributed by atoms with Crippen LogP contribution in [0.15, 0.2) is 99.1 Å². The van der Waals surface area contributed by atoms with E-state index in [1.807, 2.05) is 48.5 Å². The van der Waals surface area contributed by atoms with Crippen molar-refractivity contribution in [1.29, 1.82) is 0 Å². The van der Waals surface area contributed by atoms with Crippen molar-refractivity contribution in [1.82, 2.24) is 10.2 Å². The molecule has 0 saturated heterocycles. The molecule has 3 saturated carbocycles. The largest absolute Gasteiger partial charge is 0.494 e. The minimum absolute atomic E-state index is 0.0155. The minimum atomic E-state index is -0.410. The second-order valence-electron chi connectivity index (χ2n) is 26.3. The third kappa shape index (κ3) is 18.4. The van der Waals surface area contributed by atoms with Crippen molar-refractivity contribution in [3.05, 3.63) is 95.6 Å². The lowest BCUT2D eigenvalue weighted by molar-refractivity contribution is -0.151. The van der Waals surface area contributed by atoms with Crippen LogP contribution >= 0.6 is 11.8 Å². The number of allylic oxidation sites excluding steroid dienone is 1. The van der Waals surface area contributed by atoms with Gasteiger partial charge in [-0.3, -0.25) is 9.79 Å². The maximum absolute atomic E-state index is 13.0. The number of carbonyl (C=O) groups excluding carboxylic acids is 2. The molecule has 9 nitrogen and oxygen atoms in total. The first-order chi connectivity index (χ1) is 39.9. The van der Waals surface area contributed by atoms with Crippen molar-refractivity contribution < 1.29 is 28.2 Å². The molecule has 0 amide bonds. The topological polar surface area (TPSA) is 113 Å². The van der Waals surface area contributed by atoms with Crippen LogP contribution in [0.3, 0.4) is 0 Å². The number of thioether (sulfide) groups is 1. The molecule has 3 aromatic carbocycles. The normalized spacial score (nSPS) is 23.5. The SMILES string of the molecule is CCCCCCCCCCCCOc1ccc(C(=O)Oc2ccc(C=Nc3ccc(-c4nnc(SCCCCCCCCCCC(=O)OC5CC[C@@]6(C)C(=CC[C@H]7[C@@H]8CC[C@H]([C@H](C)CCCC(C)C)[C@@]8(C)CC[C@@H]76)C5)o4)cc3)cc2)cc1. The van der Waals surface area contributed by atoms with Crippen LogP contribution in [0.5, 0.6) is 11.5 Å². The quantitative estimate of drug-likeness (QED) is 0.0111. The van der Waals surface area contributed by atoms with Crippen molar-refractivity contribution in [2.45, 2.75) is 245 Å². The fourth-order valence-corrected chi connectivity index (χ4v) is 15.8. The van der Waals surface area contributed by atoms with Gasteiger partial charge in [-0.05, 0) is 189 Å². The van der Waals surface area contributed by atoms with Gasteiger partial charge in [0.05, 0.1) is 17.9 Å². The standard InChI is InChI=1S/C72H103N3O6S/c1-7-8-9-10-11-12-14-17-20-23-49-78-60-40-33-57(34-41-60)69(77)80-61-38-29-55(30-39-61)52-73-59-36-31-56(32-37-59)68-74-75-70(81-68)82-50-24-21-18-15-13-16-19-22-28-67(76)79-62-45-47-71(5)58(51-62)35-42-63-65-44-43-64(54(4)27-25-26-53(2)3)72(65,6)48-46-66(63)71/h29-41,52-54,62-66H,7-28,42-51H2,1-6H3/t54-,62?,63+,64-,65+,66+,71+,72-/m1/s1. The number of nitrogens with zero attached hydrogens (tertiary/aromatic N) is 3. The molecule has 448 valence electrons. The summed E-state index contributed by atoms with van der Waals surface area (Å²) in [5.74, 6) is 7.38. The van der Waals surface area contributed by atoms with Crippen LogP contribution in [0, 0.1) is 46.3 Å². The fourth-order valence-electron chi connectivity index (χ4n) is 15.1. The van der Waals surface area contributed by atoms with E-state index in [2.05, 4.69) is 62.8 Å². The summed E-state index contributed by atoms with van der Waals surface area (Å²) >= 11 is 1.62. The lowest BCUT2D eigenvalue weighted by atomic mass is 9.47. The molecule has 4 aromatic rings. The molecule has 0 bridgehead atoms. The molecule has 82 heavy (non-hydrogen) atoms. The molecule has 1 heterocycles. The van der Waals surface area contributed by atoms with E-state index in [-0.39, 0.29) is 12.1 Å². The molecule has 4 aliphatic rings. The van der Waals surface area contributed by atoms with E-state index in [9.17, 15) is 9.59 Å². The maximum Gasteiger partial charge on any atom is 0.343 e. The molecule has 10 heteroatoms. The third-order valence-electron chi connectivity index (χ3n) is 19.9. The zero-order valence-electron chi connectivity index (χ0n) is 51.5. The number of benzene rings is 3. The highest BCUT2D eigenvalue weighted by atomic mass is 32.2. The summed E-state index contributed by atoms with van der Waals surface area (Å²) in [6.45, 7) is 15.6. The van der Waals surface area contributed by atoms with Gasteiger partial charge in [-0.2, -0.15) is 0 Å². The molecule has 8 rings (SSSR count). The Morgan fingerprint density at radius 1 is 0.707 bits per heavy atom. The summed E-state index contributed by atoms with van der Waals surface area (Å²) in [5, 5.41) is 9.18. The Morgan fingerprint density at radius 3 is 2.09 bits per heavy atom. The van der Waals surface area contributed by atoms with Crippen LogP contribution in [-0.2, 0) is 9.53 Å². The van der Waals surface area contributed by atoms with Gasteiger partial charge in [0.15, 0.2) is 0 Å². The first kappa shape index (κ1) is 63.3. The van der Waals surface area contributed by atoms with Crippen LogP contribution < -0.4 is 9.47 Å². The second-order valence-corrected chi connectivity index (χ2v) is 27.3. The average Bonchev–Trinajstić information content (AvgIpc) is 2.12. The number of hydrogen-bond acceptors (Lipinski definition) is 10. The number of esters is 2. The van der Waals surface area contributed by atoms with E-state index in [0.717, 1.165) is 102 Å². The van der Waals surface area contributed by atoms with Gasteiger partial charge in [0, 0.05) is 30.4 Å². The Kier molecular flexibility index (Phi) is 25.1. The highest BCUT2D eigenvalue weighted by Crippen LogP contribution is 2.67. The van der Waals surface area contributed by atoms with Crippen molar-refractivity contribution >= 4 is 35.6 Å². The second kappa shape index (κ2) is 32.5. The summed E-state index contributed by atoms with van der Waals surface area (Å²) in [6.07, 6.45) is 41.4. The van der Waals surface area contributed by atoms with E-state index in [1.54, 1.807) is 47.8 Å². The van der Waals surface area contributed by atoms with Gasteiger partial charge in [-0.1, -0.05) is 181 Å². The van der Waals surface area contributed by atoms with E-state index < -0.39 is 5.97 Å². The van der Waals surface area contributed by atoms with Crippen molar-refractivity contribution in [3.63, 3.8) is 0 Å². The summed E-state index contributed by atoms with van der Waals surface area (Å²) in [5.41, 5.74) is 5.43. The van der Waals surface area contributed by atoms with Crippen molar-refractivity contribution in [3.8, 4) is 23.0 Å². The molecule has 0 radical (unpaired) electrons. The van der Waals surface area contributed by atoms with Crippen LogP contribution in [0.2, 0.25) is 0 Å². The number of rotatable bonds is 35. The first-order valence-electron chi connectivity index (χ1n) is 33.0. The maximum atomic E-state index is 13.0. The Hall–Kier alpha value is -4.70. The Balaban J connectivity index is 0.632. The van der Waals surface area contributed by atoms with Crippen molar-refractivity contribution in [2.24, 2.45) is 51.3 Å². The first-order valence-corrected chi connectivity index (χ1v) is 33.9. The fraction of sp³-hybridized carbons (Fsp3) is 0.653. The number of ether oxygens (including phenoxy) is 3. The molecule has 8 atom stereocenters. The molecule has 1 unspecified atom stereocenters. The van der Waals surface area contributed by atoms with Gasteiger partial charge in [0.2, 0.25) is 5.89 Å². The van der Waals surface area contributed by atoms with Crippen LogP contribution in [-0.4, -0.2) is 46.8 Å². The lowest BCUT2D eigenvalue weighted by Crippen LogP contribution is -2.51. The third-order valence-corrected chi connectivity index (χ3v) is 20.8. The van der Waals surface area contributed by atoms with E-state index in [0.29, 0.717) is 46.3 Å². The van der Waals surface area contributed by atoms with Crippen LogP contribution in [0.4, 0.5) is 5.69 Å². The van der Waals surface area contributed by atoms with Gasteiger partial charge in [-0.15, -0.1) is 10.2 Å². The molecule has 4 aliphatic carbocycles. The highest BCUT2D eigenvalue weighted by Gasteiger charge is 2.59. The van der Waals surface area contributed by atoms with Gasteiger partial charge >= 0.3 is 11.9 Å². The molecule has 1 aromatic heterocycles. The summed E-state index contributed by atoms with van der Waals surface area (Å²) in [6, 6.07) is 22.2. The molecular formula is C72H103N3O6S. The van der Waals surface area contributed by atoms with Crippen LogP contribution in [0.25, 0.3) is 11.5 Å². The number of hydrogen-bond donors (Lipinski definition) is 0. The van der Waals surface area contributed by atoms with Gasteiger partial charge < -0.3 is 18.6 Å². The average molecular weight is 1140 g/mol. The summed E-state index contributed by atoms with van der Waals surface area (Å²) < 4.78 is 23.7. The van der Waals surface area contributed by atoms with Gasteiger partial charge in [0.25, 0.3) is 5.22 Å². The molecule has 0 aliphatic heterocycles. The number of aliphatic imine (C=N–C) groups is 1. The van der Waals surface area contributed by atoms with E-state index in [4.69, 9.17) is 18.6 Å². The van der Waals surface area contributed by atoms with Crippen LogP contribution in [0.1, 0.15) is 250 Å². The molecule has 0 N–H and O–H groups in total. The summed E-state index contributed by atoms with van der Waals surface area (Å²) in [7, 11) is 0. The predicted octanol–water partition coefficient (Wildman–Crippen LogP) is 20.6. The molecule has 0 spiro atoms. The molecular weight excluding hydrogens is 1030 g/mol. The predicted molar refractivity (Wildman–Crippen MR) is 337 cm³/mol. The van der Waals surface area contributed by atoms with E-state index >= 15 is 0 Å². The number of aromatic nitrogens is 2.